The minimum Gasteiger partial charge on any atom is -0.407 e. The molecule has 152 valence electrons. The fourth-order valence-corrected chi connectivity index (χ4v) is 8.85. The second-order valence-electron chi connectivity index (χ2n) is 8.81. The third kappa shape index (κ3) is 5.26. The molecule has 0 aliphatic heterocycles. The predicted molar refractivity (Wildman–Crippen MR) is 128 cm³/mol. The van der Waals surface area contributed by atoms with Crippen molar-refractivity contribution in [1.82, 2.24) is 0 Å². The third-order valence-electron chi connectivity index (χ3n) is 5.69. The molecule has 0 aliphatic carbocycles. The molecular weight excluding hydrogens is 368 g/mol. The second-order valence-corrected chi connectivity index (χ2v) is 13.1. The van der Waals surface area contributed by atoms with Gasteiger partial charge in [0, 0.05) is 6.61 Å². The maximum Gasteiger partial charge on any atom is 0.261 e. The summed E-state index contributed by atoms with van der Waals surface area (Å²) in [5.41, 5.74) is 1.43. The lowest BCUT2D eigenvalue weighted by atomic mass is 10.1. The van der Waals surface area contributed by atoms with Crippen LogP contribution in [-0.2, 0) is 10.8 Å². The van der Waals surface area contributed by atoms with Gasteiger partial charge >= 0.3 is 0 Å². The topological polar surface area (TPSA) is 9.23 Å². The van der Waals surface area contributed by atoms with Gasteiger partial charge in [-0.05, 0) is 40.2 Å². The van der Waals surface area contributed by atoms with Crippen LogP contribution in [0.25, 0.3) is 0 Å². The van der Waals surface area contributed by atoms with Crippen LogP contribution in [0.3, 0.4) is 0 Å². The molecule has 0 spiro atoms. The molecule has 0 aliphatic rings. The first-order valence-corrected chi connectivity index (χ1v) is 12.7. The molecule has 0 saturated carbocycles. The summed E-state index contributed by atoms with van der Waals surface area (Å²) in [7, 11) is -2.37. The zero-order chi connectivity index (χ0) is 20.6. The Morgan fingerprint density at radius 2 is 1.10 bits per heavy atom. The van der Waals surface area contributed by atoms with Gasteiger partial charge in [0.15, 0.2) is 0 Å². The summed E-state index contributed by atoms with van der Waals surface area (Å²) in [6, 6.07) is 32.6. The highest BCUT2D eigenvalue weighted by atomic mass is 28.4. The van der Waals surface area contributed by atoms with Crippen LogP contribution in [0.15, 0.2) is 91.0 Å². The monoisotopic (exact) mass is 402 g/mol. The molecule has 0 unspecified atom stereocenters. The molecule has 0 fully saturated rings. The summed E-state index contributed by atoms with van der Waals surface area (Å²) >= 11 is 0. The average molecular weight is 403 g/mol. The van der Waals surface area contributed by atoms with Crippen molar-refractivity contribution in [2.45, 2.75) is 51.5 Å². The molecule has 0 radical (unpaired) electrons. The SMILES string of the molecule is CC(C)(C)[Si](OCCCCCc1ccccc1)(c1ccccc1)c1ccccc1. The highest BCUT2D eigenvalue weighted by molar-refractivity contribution is 6.99. The van der Waals surface area contributed by atoms with Crippen molar-refractivity contribution in [2.24, 2.45) is 0 Å². The summed E-state index contributed by atoms with van der Waals surface area (Å²) in [4.78, 5) is 0. The van der Waals surface area contributed by atoms with E-state index in [2.05, 4.69) is 112 Å². The van der Waals surface area contributed by atoms with Crippen LogP contribution in [0.4, 0.5) is 0 Å². The lowest BCUT2D eigenvalue weighted by molar-refractivity contribution is 0.287. The second kappa shape index (κ2) is 10.0. The molecule has 0 heterocycles. The molecule has 3 rings (SSSR count). The molecule has 2 heteroatoms. The Morgan fingerprint density at radius 3 is 1.59 bits per heavy atom. The Labute approximate surface area is 177 Å². The van der Waals surface area contributed by atoms with Crippen molar-refractivity contribution in [3.8, 4) is 0 Å². The van der Waals surface area contributed by atoms with E-state index in [4.69, 9.17) is 4.43 Å². The van der Waals surface area contributed by atoms with E-state index in [1.165, 1.54) is 28.8 Å². The van der Waals surface area contributed by atoms with Gasteiger partial charge in [0.25, 0.3) is 8.32 Å². The van der Waals surface area contributed by atoms with E-state index >= 15 is 0 Å². The molecule has 0 saturated heterocycles. The summed E-state index contributed by atoms with van der Waals surface area (Å²) in [6.45, 7) is 7.85. The zero-order valence-electron chi connectivity index (χ0n) is 18.1. The van der Waals surface area contributed by atoms with E-state index in [9.17, 15) is 0 Å². The van der Waals surface area contributed by atoms with E-state index < -0.39 is 8.32 Å². The molecule has 0 bridgehead atoms. The number of benzene rings is 3. The Morgan fingerprint density at radius 1 is 0.621 bits per heavy atom. The van der Waals surface area contributed by atoms with Crippen LogP contribution >= 0.6 is 0 Å². The van der Waals surface area contributed by atoms with E-state index in [1.54, 1.807) is 0 Å². The summed E-state index contributed by atoms with van der Waals surface area (Å²) in [5, 5.41) is 2.78. The molecular formula is C27H34OSi. The molecule has 0 atom stereocenters. The van der Waals surface area contributed by atoms with Crippen molar-refractivity contribution in [3.63, 3.8) is 0 Å². The fraction of sp³-hybridized carbons (Fsp3) is 0.333. The lowest BCUT2D eigenvalue weighted by Gasteiger charge is -2.43. The van der Waals surface area contributed by atoms with Gasteiger partial charge in [-0.2, -0.15) is 0 Å². The lowest BCUT2D eigenvalue weighted by Crippen LogP contribution is -2.66. The minimum atomic E-state index is -2.37. The highest BCUT2D eigenvalue weighted by Gasteiger charge is 2.49. The van der Waals surface area contributed by atoms with Crippen LogP contribution in [0.5, 0.6) is 0 Å². The maximum atomic E-state index is 6.96. The minimum absolute atomic E-state index is 0.0553. The fourth-order valence-electron chi connectivity index (χ4n) is 4.24. The largest absolute Gasteiger partial charge is 0.407 e. The smallest absolute Gasteiger partial charge is 0.261 e. The third-order valence-corrected chi connectivity index (χ3v) is 10.7. The van der Waals surface area contributed by atoms with Crippen LogP contribution in [0.1, 0.15) is 45.6 Å². The predicted octanol–water partition coefficient (Wildman–Crippen LogP) is 5.98. The van der Waals surface area contributed by atoms with Gasteiger partial charge in [0.1, 0.15) is 0 Å². The Balaban J connectivity index is 1.72. The van der Waals surface area contributed by atoms with E-state index in [1.807, 2.05) is 0 Å². The number of hydrogen-bond acceptors (Lipinski definition) is 1. The molecule has 1 nitrogen and oxygen atoms in total. The maximum absolute atomic E-state index is 6.96. The summed E-state index contributed by atoms with van der Waals surface area (Å²) in [6.07, 6.45) is 4.68. The first kappa shape index (κ1) is 21.5. The van der Waals surface area contributed by atoms with Crippen molar-refractivity contribution in [3.05, 3.63) is 96.6 Å². The van der Waals surface area contributed by atoms with Crippen LogP contribution < -0.4 is 10.4 Å². The van der Waals surface area contributed by atoms with E-state index in [0.29, 0.717) is 0 Å². The Hall–Kier alpha value is -2.16. The van der Waals surface area contributed by atoms with Gasteiger partial charge in [-0.1, -0.05) is 118 Å². The molecule has 0 amide bonds. The average Bonchev–Trinajstić information content (AvgIpc) is 2.74. The van der Waals surface area contributed by atoms with Gasteiger partial charge < -0.3 is 4.43 Å². The van der Waals surface area contributed by atoms with Crippen molar-refractivity contribution >= 4 is 18.7 Å². The Kier molecular flexibility index (Phi) is 7.46. The Bertz CT molecular complexity index is 798. The molecule has 3 aromatic rings. The van der Waals surface area contributed by atoms with Crippen LogP contribution in [-0.4, -0.2) is 14.9 Å². The van der Waals surface area contributed by atoms with Crippen LogP contribution in [0, 0.1) is 0 Å². The summed E-state index contributed by atoms with van der Waals surface area (Å²) < 4.78 is 6.96. The number of unbranched alkanes of at least 4 members (excludes halogenated alkanes) is 2. The van der Waals surface area contributed by atoms with Crippen molar-refractivity contribution in [1.29, 1.82) is 0 Å². The first-order chi connectivity index (χ1) is 14.0. The molecule has 3 aromatic carbocycles. The number of hydrogen-bond donors (Lipinski definition) is 0. The standard InChI is InChI=1S/C27H34OSi/c1-27(2,3)29(25-19-11-5-12-20-25,26-21-13-6-14-22-26)28-23-15-7-10-18-24-16-8-4-9-17-24/h4-6,8-9,11-14,16-17,19-22H,7,10,15,18,23H2,1-3H3. The zero-order valence-corrected chi connectivity index (χ0v) is 19.1. The van der Waals surface area contributed by atoms with Gasteiger partial charge in [-0.3, -0.25) is 0 Å². The van der Waals surface area contributed by atoms with Gasteiger partial charge in [0.05, 0.1) is 0 Å². The molecule has 0 aromatic heterocycles. The molecule has 0 N–H and O–H groups in total. The highest BCUT2D eigenvalue weighted by Crippen LogP contribution is 2.36. The van der Waals surface area contributed by atoms with Crippen LogP contribution in [0.2, 0.25) is 5.04 Å². The van der Waals surface area contributed by atoms with Gasteiger partial charge in [0.2, 0.25) is 0 Å². The first-order valence-electron chi connectivity index (χ1n) is 10.8. The van der Waals surface area contributed by atoms with Crippen molar-refractivity contribution in [2.75, 3.05) is 6.61 Å². The van der Waals surface area contributed by atoms with Gasteiger partial charge in [-0.25, -0.2) is 0 Å². The number of aryl methyl sites for hydroxylation is 1. The normalized spacial score (nSPS) is 12.1. The van der Waals surface area contributed by atoms with Crippen molar-refractivity contribution < 1.29 is 4.43 Å². The van der Waals surface area contributed by atoms with E-state index in [0.717, 1.165) is 19.4 Å². The number of rotatable bonds is 9. The van der Waals surface area contributed by atoms with E-state index in [-0.39, 0.29) is 5.04 Å². The van der Waals surface area contributed by atoms with Gasteiger partial charge in [-0.15, -0.1) is 0 Å². The quantitative estimate of drug-likeness (QED) is 0.316. The molecule has 29 heavy (non-hydrogen) atoms. The summed E-state index contributed by atoms with van der Waals surface area (Å²) in [5.74, 6) is 0.